The maximum Gasteiger partial charge on any atom is 0.191 e. The van der Waals surface area contributed by atoms with Crippen molar-refractivity contribution in [2.75, 3.05) is 52.0 Å². The molecule has 7 nitrogen and oxygen atoms in total. The van der Waals surface area contributed by atoms with E-state index in [1.165, 1.54) is 0 Å². The van der Waals surface area contributed by atoms with Crippen LogP contribution in [0.5, 0.6) is 11.5 Å². The molecule has 1 fully saturated rings. The zero-order valence-electron chi connectivity index (χ0n) is 19.9. The van der Waals surface area contributed by atoms with Crippen molar-refractivity contribution in [1.29, 1.82) is 0 Å². The molecule has 1 unspecified atom stereocenters. The van der Waals surface area contributed by atoms with Gasteiger partial charge in [-0.2, -0.15) is 0 Å². The Bertz CT molecular complexity index is 865. The van der Waals surface area contributed by atoms with Crippen molar-refractivity contribution >= 4 is 35.6 Å². The van der Waals surface area contributed by atoms with Crippen molar-refractivity contribution in [3.63, 3.8) is 0 Å². The molecular formula is C25H37IN4O3. The van der Waals surface area contributed by atoms with Crippen LogP contribution in [0, 0.1) is 0 Å². The van der Waals surface area contributed by atoms with E-state index < -0.39 is 0 Å². The van der Waals surface area contributed by atoms with Crippen LogP contribution in [-0.4, -0.2) is 59.1 Å². The number of nitrogens with zero attached hydrogens (tertiary/aromatic N) is 2. The number of methoxy groups -OCH3 is 2. The largest absolute Gasteiger partial charge is 0.495 e. The summed E-state index contributed by atoms with van der Waals surface area (Å²) in [4.78, 5) is 7.17. The number of anilines is 1. The lowest BCUT2D eigenvalue weighted by Gasteiger charge is -2.22. The average Bonchev–Trinajstić information content (AvgIpc) is 3.29. The van der Waals surface area contributed by atoms with Gasteiger partial charge < -0.3 is 29.7 Å². The van der Waals surface area contributed by atoms with Crippen LogP contribution >= 0.6 is 24.0 Å². The second kappa shape index (κ2) is 14.8. The molecule has 1 aliphatic heterocycles. The standard InChI is InChI=1S/C25H36N4O3.HI/c1-4-26-25(27-18-20-9-7-10-22(17-20)32-16-8-15-30-2)28-21-13-14-29(19-21)23-11-5-6-12-24(23)31-3;/h5-7,9-12,17,21H,4,8,13-16,18-19H2,1-3H3,(H2,26,27,28);1H. The van der Waals surface area contributed by atoms with Crippen molar-refractivity contribution in [2.45, 2.75) is 32.4 Å². The lowest BCUT2D eigenvalue weighted by atomic mass is 10.2. The Hall–Kier alpha value is -2.20. The molecule has 8 heteroatoms. The first-order valence-electron chi connectivity index (χ1n) is 11.4. The quantitative estimate of drug-likeness (QED) is 0.185. The van der Waals surface area contributed by atoms with Crippen LogP contribution < -0.4 is 25.0 Å². The van der Waals surface area contributed by atoms with Gasteiger partial charge in [-0.15, -0.1) is 24.0 Å². The molecule has 0 saturated carbocycles. The molecule has 1 aliphatic rings. The van der Waals surface area contributed by atoms with Gasteiger partial charge in [0.25, 0.3) is 0 Å². The van der Waals surface area contributed by atoms with Crippen molar-refractivity contribution in [3.05, 3.63) is 54.1 Å². The monoisotopic (exact) mass is 568 g/mol. The maximum atomic E-state index is 5.81. The highest BCUT2D eigenvalue weighted by atomic mass is 127. The van der Waals surface area contributed by atoms with Crippen LogP contribution in [0.2, 0.25) is 0 Å². The minimum Gasteiger partial charge on any atom is -0.495 e. The molecular weight excluding hydrogens is 531 g/mol. The van der Waals surface area contributed by atoms with Gasteiger partial charge in [0, 0.05) is 45.8 Å². The van der Waals surface area contributed by atoms with Crippen molar-refractivity contribution in [3.8, 4) is 11.5 Å². The number of halogens is 1. The first-order chi connectivity index (χ1) is 15.7. The summed E-state index contributed by atoms with van der Waals surface area (Å²) in [5.41, 5.74) is 2.26. The summed E-state index contributed by atoms with van der Waals surface area (Å²) in [5, 5.41) is 6.97. The van der Waals surface area contributed by atoms with Crippen LogP contribution in [0.1, 0.15) is 25.3 Å². The maximum absolute atomic E-state index is 5.81. The van der Waals surface area contributed by atoms with Crippen molar-refractivity contribution in [2.24, 2.45) is 4.99 Å². The van der Waals surface area contributed by atoms with E-state index in [1.54, 1.807) is 14.2 Å². The minimum atomic E-state index is 0. The summed E-state index contributed by atoms with van der Waals surface area (Å²) in [5.74, 6) is 2.62. The fraction of sp³-hybridized carbons (Fsp3) is 0.480. The Labute approximate surface area is 214 Å². The Morgan fingerprint density at radius 3 is 2.76 bits per heavy atom. The smallest absolute Gasteiger partial charge is 0.191 e. The lowest BCUT2D eigenvalue weighted by Crippen LogP contribution is -2.44. The van der Waals surface area contributed by atoms with Crippen molar-refractivity contribution in [1.82, 2.24) is 10.6 Å². The second-order valence-electron chi connectivity index (χ2n) is 7.79. The third-order valence-electron chi connectivity index (χ3n) is 5.38. The predicted octanol–water partition coefficient (Wildman–Crippen LogP) is 4.06. The molecule has 182 valence electrons. The Morgan fingerprint density at radius 2 is 1.97 bits per heavy atom. The normalized spacial score (nSPS) is 15.7. The molecule has 1 atom stereocenters. The van der Waals surface area contributed by atoms with E-state index in [-0.39, 0.29) is 24.0 Å². The molecule has 0 bridgehead atoms. The van der Waals surface area contributed by atoms with Crippen LogP contribution in [0.15, 0.2) is 53.5 Å². The number of guanidine groups is 1. The number of hydrogen-bond donors (Lipinski definition) is 2. The van der Waals surface area contributed by atoms with Gasteiger partial charge in [-0.3, -0.25) is 0 Å². The highest BCUT2D eigenvalue weighted by molar-refractivity contribution is 14.0. The second-order valence-corrected chi connectivity index (χ2v) is 7.79. The number of aliphatic imine (C=N–C) groups is 1. The Balaban J connectivity index is 0.00000385. The van der Waals surface area contributed by atoms with Gasteiger partial charge in [-0.25, -0.2) is 4.99 Å². The number of hydrogen-bond acceptors (Lipinski definition) is 5. The molecule has 3 rings (SSSR count). The predicted molar refractivity (Wildman–Crippen MR) is 145 cm³/mol. The van der Waals surface area contributed by atoms with E-state index in [0.29, 0.717) is 25.8 Å². The minimum absolute atomic E-state index is 0. The molecule has 2 aromatic carbocycles. The first kappa shape index (κ1) is 27.0. The van der Waals surface area contributed by atoms with Gasteiger partial charge in [0.1, 0.15) is 11.5 Å². The van der Waals surface area contributed by atoms with Gasteiger partial charge in [0.2, 0.25) is 0 Å². The molecule has 33 heavy (non-hydrogen) atoms. The van der Waals surface area contributed by atoms with Gasteiger partial charge in [-0.1, -0.05) is 24.3 Å². The summed E-state index contributed by atoms with van der Waals surface area (Å²) in [7, 11) is 3.43. The lowest BCUT2D eigenvalue weighted by molar-refractivity contribution is 0.172. The Kier molecular flexibility index (Phi) is 12.2. The Morgan fingerprint density at radius 1 is 1.12 bits per heavy atom. The average molecular weight is 569 g/mol. The first-order valence-corrected chi connectivity index (χ1v) is 11.4. The number of para-hydroxylation sites is 2. The molecule has 2 N–H and O–H groups in total. The molecule has 1 saturated heterocycles. The SMILES string of the molecule is CCNC(=NCc1cccc(OCCCOC)c1)NC1CCN(c2ccccc2OC)C1.I. The van der Waals surface area contributed by atoms with E-state index in [4.69, 9.17) is 19.2 Å². The molecule has 1 heterocycles. The van der Waals surface area contributed by atoms with Crippen LogP contribution in [0.25, 0.3) is 0 Å². The molecule has 0 radical (unpaired) electrons. The summed E-state index contributed by atoms with van der Waals surface area (Å²) in [6.45, 7) is 6.74. The van der Waals surface area contributed by atoms with E-state index in [2.05, 4.69) is 46.7 Å². The van der Waals surface area contributed by atoms with Gasteiger partial charge in [-0.05, 0) is 43.2 Å². The van der Waals surface area contributed by atoms with Gasteiger partial charge in [0.15, 0.2) is 5.96 Å². The number of rotatable bonds is 11. The van der Waals surface area contributed by atoms with E-state index in [0.717, 1.165) is 61.2 Å². The molecule has 0 spiro atoms. The molecule has 0 amide bonds. The summed E-state index contributed by atoms with van der Waals surface area (Å²) >= 11 is 0. The van der Waals surface area contributed by atoms with Crippen molar-refractivity contribution < 1.29 is 14.2 Å². The topological polar surface area (TPSA) is 67.4 Å². The number of benzene rings is 2. The fourth-order valence-corrected chi connectivity index (χ4v) is 3.80. The number of ether oxygens (including phenoxy) is 3. The summed E-state index contributed by atoms with van der Waals surface area (Å²) in [6, 6.07) is 16.6. The third-order valence-corrected chi connectivity index (χ3v) is 5.38. The number of nitrogens with one attached hydrogen (secondary N) is 2. The van der Waals surface area contributed by atoms with E-state index in [9.17, 15) is 0 Å². The summed E-state index contributed by atoms with van der Waals surface area (Å²) in [6.07, 6.45) is 1.92. The van der Waals surface area contributed by atoms with Crippen LogP contribution in [0.3, 0.4) is 0 Å². The van der Waals surface area contributed by atoms with Gasteiger partial charge >= 0.3 is 0 Å². The van der Waals surface area contributed by atoms with Gasteiger partial charge in [0.05, 0.1) is 25.9 Å². The fourth-order valence-electron chi connectivity index (χ4n) is 3.80. The highest BCUT2D eigenvalue weighted by Crippen LogP contribution is 2.30. The summed E-state index contributed by atoms with van der Waals surface area (Å²) < 4.78 is 16.4. The molecule has 0 aliphatic carbocycles. The van der Waals surface area contributed by atoms with Crippen LogP contribution in [0.4, 0.5) is 5.69 Å². The highest BCUT2D eigenvalue weighted by Gasteiger charge is 2.25. The third kappa shape index (κ3) is 8.58. The van der Waals surface area contributed by atoms with E-state index >= 15 is 0 Å². The van der Waals surface area contributed by atoms with Crippen LogP contribution in [-0.2, 0) is 11.3 Å². The molecule has 0 aromatic heterocycles. The zero-order valence-corrected chi connectivity index (χ0v) is 22.2. The van der Waals surface area contributed by atoms with E-state index in [1.807, 2.05) is 24.3 Å². The molecule has 2 aromatic rings. The zero-order chi connectivity index (χ0) is 22.6.